The fourth-order valence-corrected chi connectivity index (χ4v) is 3.86. The standard InChI is InChI=1S/C22H21ClN2O2/c1-14-5-4-7-18(21(14)23)22(26)25-20-13-27-12-16(20)11-15-9-10-24-19-8-3-2-6-17(15)19/h2-10,16,20H,11-13H2,1H3,(H,25,26)/t16-,20-/m1/s1. The lowest BCUT2D eigenvalue weighted by molar-refractivity contribution is 0.0925. The van der Waals surface area contributed by atoms with Crippen LogP contribution in [-0.2, 0) is 11.2 Å². The van der Waals surface area contributed by atoms with Gasteiger partial charge in [0.05, 0.1) is 35.4 Å². The molecular formula is C22H21ClN2O2. The van der Waals surface area contributed by atoms with Gasteiger partial charge in [-0.3, -0.25) is 9.78 Å². The monoisotopic (exact) mass is 380 g/mol. The van der Waals surface area contributed by atoms with Gasteiger partial charge in [-0.25, -0.2) is 0 Å². The quantitative estimate of drug-likeness (QED) is 0.738. The molecule has 1 aliphatic heterocycles. The van der Waals surface area contributed by atoms with Crippen molar-refractivity contribution in [3.05, 3.63) is 76.4 Å². The van der Waals surface area contributed by atoms with E-state index in [0.29, 0.717) is 23.8 Å². The highest BCUT2D eigenvalue weighted by Crippen LogP contribution is 2.25. The molecule has 2 atom stereocenters. The summed E-state index contributed by atoms with van der Waals surface area (Å²) in [4.78, 5) is 17.1. The summed E-state index contributed by atoms with van der Waals surface area (Å²) in [6, 6.07) is 15.6. The molecule has 0 spiro atoms. The summed E-state index contributed by atoms with van der Waals surface area (Å²) in [7, 11) is 0. The van der Waals surface area contributed by atoms with Crippen LogP contribution in [-0.4, -0.2) is 30.1 Å². The van der Waals surface area contributed by atoms with Crippen LogP contribution in [0.4, 0.5) is 0 Å². The molecular weight excluding hydrogens is 360 g/mol. The third-order valence-electron chi connectivity index (χ3n) is 5.17. The molecule has 2 heterocycles. The van der Waals surface area contributed by atoms with E-state index in [9.17, 15) is 4.79 Å². The number of hydrogen-bond donors (Lipinski definition) is 1. The smallest absolute Gasteiger partial charge is 0.253 e. The number of benzene rings is 2. The van der Waals surface area contributed by atoms with Gasteiger partial charge in [-0.1, -0.05) is 41.9 Å². The second kappa shape index (κ2) is 7.67. The van der Waals surface area contributed by atoms with Crippen molar-refractivity contribution in [1.82, 2.24) is 10.3 Å². The normalized spacial score (nSPS) is 19.3. The van der Waals surface area contributed by atoms with E-state index in [1.807, 2.05) is 43.5 Å². The van der Waals surface area contributed by atoms with Gasteiger partial charge < -0.3 is 10.1 Å². The van der Waals surface area contributed by atoms with Crippen molar-refractivity contribution in [2.45, 2.75) is 19.4 Å². The maximum absolute atomic E-state index is 12.7. The number of para-hydroxylation sites is 1. The molecule has 0 bridgehead atoms. The average molecular weight is 381 g/mol. The number of aryl methyl sites for hydroxylation is 1. The molecule has 0 unspecified atom stereocenters. The Morgan fingerprint density at radius 3 is 2.93 bits per heavy atom. The predicted octanol–water partition coefficient (Wildman–Crippen LogP) is 4.18. The van der Waals surface area contributed by atoms with E-state index < -0.39 is 0 Å². The van der Waals surface area contributed by atoms with Crippen molar-refractivity contribution in [3.8, 4) is 0 Å². The Bertz CT molecular complexity index is 984. The molecule has 0 aliphatic carbocycles. The SMILES string of the molecule is Cc1cccc(C(=O)N[C@@H]2COC[C@H]2Cc2ccnc3ccccc23)c1Cl. The van der Waals surface area contributed by atoms with E-state index >= 15 is 0 Å². The Hall–Kier alpha value is -2.43. The van der Waals surface area contributed by atoms with Crippen molar-refractivity contribution in [1.29, 1.82) is 0 Å². The van der Waals surface area contributed by atoms with Crippen LogP contribution in [0, 0.1) is 12.8 Å². The Morgan fingerprint density at radius 1 is 1.19 bits per heavy atom. The van der Waals surface area contributed by atoms with E-state index in [4.69, 9.17) is 16.3 Å². The number of halogens is 1. The number of carbonyl (C=O) groups excluding carboxylic acids is 1. The van der Waals surface area contributed by atoms with Crippen LogP contribution in [0.1, 0.15) is 21.5 Å². The summed E-state index contributed by atoms with van der Waals surface area (Å²) in [5.74, 6) is 0.0622. The van der Waals surface area contributed by atoms with E-state index in [1.165, 1.54) is 5.56 Å². The number of fused-ring (bicyclic) bond motifs is 1. The maximum atomic E-state index is 12.7. The Morgan fingerprint density at radius 2 is 2.04 bits per heavy atom. The topological polar surface area (TPSA) is 51.2 Å². The summed E-state index contributed by atoms with van der Waals surface area (Å²) in [6.07, 6.45) is 2.67. The van der Waals surface area contributed by atoms with Crippen molar-refractivity contribution < 1.29 is 9.53 Å². The third kappa shape index (κ3) is 3.68. The minimum absolute atomic E-state index is 0.0407. The zero-order valence-corrected chi connectivity index (χ0v) is 15.9. The Labute approximate surface area is 163 Å². The number of ether oxygens (including phenoxy) is 1. The minimum atomic E-state index is -0.149. The molecule has 27 heavy (non-hydrogen) atoms. The van der Waals surface area contributed by atoms with E-state index in [-0.39, 0.29) is 17.9 Å². The van der Waals surface area contributed by atoms with E-state index in [2.05, 4.69) is 22.4 Å². The van der Waals surface area contributed by atoms with Gasteiger partial charge in [-0.2, -0.15) is 0 Å². The summed E-state index contributed by atoms with van der Waals surface area (Å²) in [6.45, 7) is 3.04. The maximum Gasteiger partial charge on any atom is 0.253 e. The molecule has 4 rings (SSSR count). The van der Waals surface area contributed by atoms with Crippen molar-refractivity contribution in [2.24, 2.45) is 5.92 Å². The fourth-order valence-electron chi connectivity index (χ4n) is 3.64. The van der Waals surface area contributed by atoms with Crippen LogP contribution in [0.15, 0.2) is 54.7 Å². The lowest BCUT2D eigenvalue weighted by Gasteiger charge is -2.20. The van der Waals surface area contributed by atoms with Gasteiger partial charge in [-0.05, 0) is 42.7 Å². The van der Waals surface area contributed by atoms with Crippen molar-refractivity contribution >= 4 is 28.4 Å². The number of nitrogens with one attached hydrogen (secondary N) is 1. The molecule has 5 heteroatoms. The number of pyridine rings is 1. The first-order valence-corrected chi connectivity index (χ1v) is 9.47. The average Bonchev–Trinajstić information content (AvgIpc) is 3.11. The molecule has 1 aliphatic rings. The van der Waals surface area contributed by atoms with Crippen LogP contribution in [0.5, 0.6) is 0 Å². The number of rotatable bonds is 4. The highest BCUT2D eigenvalue weighted by atomic mass is 35.5. The largest absolute Gasteiger partial charge is 0.379 e. The number of nitrogens with zero attached hydrogens (tertiary/aromatic N) is 1. The van der Waals surface area contributed by atoms with Gasteiger partial charge in [0.1, 0.15) is 0 Å². The lowest BCUT2D eigenvalue weighted by Crippen LogP contribution is -2.40. The van der Waals surface area contributed by atoms with Crippen molar-refractivity contribution in [2.75, 3.05) is 13.2 Å². The molecule has 1 N–H and O–H groups in total. The number of carbonyl (C=O) groups is 1. The zero-order chi connectivity index (χ0) is 18.8. The van der Waals surface area contributed by atoms with Gasteiger partial charge in [0.2, 0.25) is 0 Å². The highest BCUT2D eigenvalue weighted by molar-refractivity contribution is 6.34. The third-order valence-corrected chi connectivity index (χ3v) is 5.67. The molecule has 0 saturated carbocycles. The Balaban J connectivity index is 1.52. The van der Waals surface area contributed by atoms with Crippen molar-refractivity contribution in [3.63, 3.8) is 0 Å². The molecule has 1 amide bonds. The molecule has 1 saturated heterocycles. The molecule has 0 radical (unpaired) electrons. The van der Waals surface area contributed by atoms with Gasteiger partial charge in [0, 0.05) is 17.5 Å². The second-order valence-electron chi connectivity index (χ2n) is 7.01. The molecule has 138 valence electrons. The Kier molecular flexibility index (Phi) is 5.10. The molecule has 2 aromatic carbocycles. The van der Waals surface area contributed by atoms with Crippen LogP contribution >= 0.6 is 11.6 Å². The summed E-state index contributed by atoms with van der Waals surface area (Å²) < 4.78 is 5.68. The number of aromatic nitrogens is 1. The summed E-state index contributed by atoms with van der Waals surface area (Å²) in [5.41, 5.74) is 3.62. The van der Waals surface area contributed by atoms with Crippen LogP contribution < -0.4 is 5.32 Å². The highest BCUT2D eigenvalue weighted by Gasteiger charge is 2.30. The van der Waals surface area contributed by atoms with E-state index in [1.54, 1.807) is 6.07 Å². The first-order valence-electron chi connectivity index (χ1n) is 9.10. The first kappa shape index (κ1) is 18.0. The van der Waals surface area contributed by atoms with Crippen LogP contribution in [0.3, 0.4) is 0 Å². The zero-order valence-electron chi connectivity index (χ0n) is 15.1. The van der Waals surface area contributed by atoms with Gasteiger partial charge in [0.15, 0.2) is 0 Å². The number of hydrogen-bond acceptors (Lipinski definition) is 3. The molecule has 4 nitrogen and oxygen atoms in total. The number of amides is 1. The molecule has 1 fully saturated rings. The van der Waals surface area contributed by atoms with Crippen LogP contribution in [0.2, 0.25) is 5.02 Å². The molecule has 3 aromatic rings. The van der Waals surface area contributed by atoms with Crippen LogP contribution in [0.25, 0.3) is 10.9 Å². The van der Waals surface area contributed by atoms with Gasteiger partial charge >= 0.3 is 0 Å². The first-order chi connectivity index (χ1) is 13.1. The summed E-state index contributed by atoms with van der Waals surface area (Å²) in [5, 5.41) is 4.77. The minimum Gasteiger partial charge on any atom is -0.379 e. The lowest BCUT2D eigenvalue weighted by atomic mass is 9.93. The molecule has 1 aromatic heterocycles. The summed E-state index contributed by atoms with van der Waals surface area (Å²) >= 11 is 6.31. The van der Waals surface area contributed by atoms with Gasteiger partial charge in [-0.15, -0.1) is 0 Å². The van der Waals surface area contributed by atoms with E-state index in [0.717, 1.165) is 22.9 Å². The predicted molar refractivity (Wildman–Crippen MR) is 107 cm³/mol. The second-order valence-corrected chi connectivity index (χ2v) is 7.38. The fraction of sp³-hybridized carbons (Fsp3) is 0.273. The van der Waals surface area contributed by atoms with Gasteiger partial charge in [0.25, 0.3) is 5.91 Å².